The summed E-state index contributed by atoms with van der Waals surface area (Å²) in [6.45, 7) is 0. The van der Waals surface area contributed by atoms with Crippen LogP contribution in [0.4, 0.5) is 11.4 Å². The van der Waals surface area contributed by atoms with Crippen molar-refractivity contribution in [2.24, 2.45) is 13.0 Å². The molecular formula is C17H20N4O4S. The fraction of sp³-hybridized carbons (Fsp3) is 0.353. The van der Waals surface area contributed by atoms with Crippen LogP contribution in [0.2, 0.25) is 0 Å². The number of hydrogen-bond donors (Lipinski definition) is 2. The highest BCUT2D eigenvalue weighted by molar-refractivity contribution is 7.92. The molecule has 0 saturated heterocycles. The van der Waals surface area contributed by atoms with Crippen LogP contribution in [0.25, 0.3) is 0 Å². The molecule has 0 aliphatic heterocycles. The summed E-state index contributed by atoms with van der Waals surface area (Å²) in [5.41, 5.74) is 2.37. The van der Waals surface area contributed by atoms with E-state index in [1.807, 2.05) is 0 Å². The summed E-state index contributed by atoms with van der Waals surface area (Å²) in [6, 6.07) is 8.06. The minimum atomic E-state index is -3.39. The van der Waals surface area contributed by atoms with Crippen LogP contribution < -0.4 is 15.6 Å². The number of hydrogen-bond acceptors (Lipinski definition) is 5. The van der Waals surface area contributed by atoms with Crippen LogP contribution in [-0.4, -0.2) is 30.4 Å². The molecule has 0 unspecified atom stereocenters. The Labute approximate surface area is 151 Å². The molecule has 3 rings (SSSR count). The zero-order valence-electron chi connectivity index (χ0n) is 14.5. The smallest absolute Gasteiger partial charge is 0.266 e. The minimum absolute atomic E-state index is 0.159. The lowest BCUT2D eigenvalue weighted by Crippen LogP contribution is -2.31. The van der Waals surface area contributed by atoms with Crippen molar-refractivity contribution in [2.45, 2.75) is 19.3 Å². The van der Waals surface area contributed by atoms with Crippen molar-refractivity contribution >= 4 is 27.3 Å². The minimum Gasteiger partial charge on any atom is -0.326 e. The van der Waals surface area contributed by atoms with E-state index >= 15 is 0 Å². The summed E-state index contributed by atoms with van der Waals surface area (Å²) in [4.78, 5) is 24.3. The highest BCUT2D eigenvalue weighted by atomic mass is 32.2. The van der Waals surface area contributed by atoms with Gasteiger partial charge >= 0.3 is 0 Å². The van der Waals surface area contributed by atoms with Gasteiger partial charge in [0.25, 0.3) is 5.56 Å². The van der Waals surface area contributed by atoms with Crippen LogP contribution in [-0.2, 0) is 34.7 Å². The van der Waals surface area contributed by atoms with Crippen molar-refractivity contribution in [3.8, 4) is 0 Å². The van der Waals surface area contributed by atoms with Gasteiger partial charge in [0.05, 0.1) is 17.6 Å². The summed E-state index contributed by atoms with van der Waals surface area (Å²) in [5, 5.41) is 7.06. The number of aryl methyl sites for hydroxylation is 2. The Morgan fingerprint density at radius 2 is 2.00 bits per heavy atom. The van der Waals surface area contributed by atoms with E-state index < -0.39 is 10.0 Å². The van der Waals surface area contributed by atoms with Crippen LogP contribution >= 0.6 is 0 Å². The number of carbonyl (C=O) groups excluding carboxylic acids is 1. The van der Waals surface area contributed by atoms with Gasteiger partial charge in [-0.2, -0.15) is 5.10 Å². The van der Waals surface area contributed by atoms with E-state index in [9.17, 15) is 18.0 Å². The van der Waals surface area contributed by atoms with Crippen molar-refractivity contribution in [1.82, 2.24) is 9.78 Å². The molecule has 1 heterocycles. The summed E-state index contributed by atoms with van der Waals surface area (Å²) in [5.74, 6) is -0.421. The van der Waals surface area contributed by atoms with Gasteiger partial charge in [-0.1, -0.05) is 6.07 Å². The Hall–Kier alpha value is -2.68. The van der Waals surface area contributed by atoms with Gasteiger partial charge in [0.1, 0.15) is 0 Å². The van der Waals surface area contributed by atoms with E-state index in [-0.39, 0.29) is 17.4 Å². The van der Waals surface area contributed by atoms with E-state index in [4.69, 9.17) is 0 Å². The zero-order valence-corrected chi connectivity index (χ0v) is 15.3. The Morgan fingerprint density at radius 3 is 2.73 bits per heavy atom. The van der Waals surface area contributed by atoms with Crippen LogP contribution in [0.5, 0.6) is 0 Å². The van der Waals surface area contributed by atoms with Gasteiger partial charge in [-0.15, -0.1) is 0 Å². The first-order valence-corrected chi connectivity index (χ1v) is 10.1. The lowest BCUT2D eigenvalue weighted by Gasteiger charge is -2.23. The predicted molar refractivity (Wildman–Crippen MR) is 98.5 cm³/mol. The predicted octanol–water partition coefficient (Wildman–Crippen LogP) is 0.895. The highest BCUT2D eigenvalue weighted by Crippen LogP contribution is 2.25. The largest absolute Gasteiger partial charge is 0.326 e. The van der Waals surface area contributed by atoms with Gasteiger partial charge < -0.3 is 5.32 Å². The average Bonchev–Trinajstić information content (AvgIpc) is 2.54. The molecule has 0 spiro atoms. The molecule has 138 valence electrons. The molecule has 26 heavy (non-hydrogen) atoms. The van der Waals surface area contributed by atoms with Crippen molar-refractivity contribution < 1.29 is 13.2 Å². The second-order valence-electron chi connectivity index (χ2n) is 6.46. The molecule has 8 nitrogen and oxygen atoms in total. The van der Waals surface area contributed by atoms with Crippen LogP contribution in [0.1, 0.15) is 17.7 Å². The summed E-state index contributed by atoms with van der Waals surface area (Å²) in [6.07, 6.45) is 2.81. The Morgan fingerprint density at radius 1 is 1.27 bits per heavy atom. The third-order valence-corrected chi connectivity index (χ3v) is 4.86. The molecule has 1 atom stereocenters. The molecule has 1 aromatic heterocycles. The van der Waals surface area contributed by atoms with Gasteiger partial charge in [0.2, 0.25) is 15.9 Å². The third kappa shape index (κ3) is 4.29. The van der Waals surface area contributed by atoms with Crippen molar-refractivity contribution in [1.29, 1.82) is 0 Å². The maximum absolute atomic E-state index is 12.6. The van der Waals surface area contributed by atoms with E-state index in [2.05, 4.69) is 15.1 Å². The number of carbonyl (C=O) groups is 1. The SMILES string of the molecule is Cn1nc2c(cc1=O)C[C@H](C(=O)Nc1cccc(NS(C)(=O)=O)c1)CC2. The number of sulfonamides is 1. The molecule has 0 saturated carbocycles. The molecule has 0 bridgehead atoms. The Bertz CT molecular complexity index is 1010. The van der Waals surface area contributed by atoms with E-state index in [1.165, 1.54) is 4.68 Å². The molecule has 2 aromatic rings. The van der Waals surface area contributed by atoms with Gasteiger partial charge in [-0.3, -0.25) is 14.3 Å². The fourth-order valence-corrected chi connectivity index (χ4v) is 3.58. The average molecular weight is 376 g/mol. The van der Waals surface area contributed by atoms with Gasteiger partial charge in [0, 0.05) is 24.7 Å². The number of nitrogens with zero attached hydrogens (tertiary/aromatic N) is 2. The molecular weight excluding hydrogens is 356 g/mol. The molecule has 0 fully saturated rings. The van der Waals surface area contributed by atoms with Crippen molar-refractivity contribution in [3.63, 3.8) is 0 Å². The van der Waals surface area contributed by atoms with Crippen LogP contribution in [0.3, 0.4) is 0 Å². The molecule has 1 aromatic carbocycles. The first-order valence-electron chi connectivity index (χ1n) is 8.16. The second-order valence-corrected chi connectivity index (χ2v) is 8.21. The van der Waals surface area contributed by atoms with Gasteiger partial charge in [0.15, 0.2) is 0 Å². The second kappa shape index (κ2) is 6.91. The highest BCUT2D eigenvalue weighted by Gasteiger charge is 2.26. The maximum Gasteiger partial charge on any atom is 0.266 e. The van der Waals surface area contributed by atoms with Crippen molar-refractivity contribution in [3.05, 3.63) is 51.9 Å². The van der Waals surface area contributed by atoms with Crippen molar-refractivity contribution in [2.75, 3.05) is 16.3 Å². The Balaban J connectivity index is 1.72. The number of fused-ring (bicyclic) bond motifs is 1. The number of nitrogens with one attached hydrogen (secondary N) is 2. The topological polar surface area (TPSA) is 110 Å². The number of anilines is 2. The summed E-state index contributed by atoms with van der Waals surface area (Å²) >= 11 is 0. The molecule has 0 radical (unpaired) electrons. The molecule has 9 heteroatoms. The fourth-order valence-electron chi connectivity index (χ4n) is 3.03. The van der Waals surface area contributed by atoms with E-state index in [0.29, 0.717) is 30.6 Å². The Kier molecular flexibility index (Phi) is 4.82. The quantitative estimate of drug-likeness (QED) is 0.824. The molecule has 1 aliphatic rings. The summed E-state index contributed by atoms with van der Waals surface area (Å²) < 4.78 is 26.3. The molecule has 1 aliphatic carbocycles. The first kappa shape index (κ1) is 18.1. The molecule has 1 amide bonds. The van der Waals surface area contributed by atoms with Gasteiger partial charge in [-0.25, -0.2) is 13.1 Å². The zero-order chi connectivity index (χ0) is 18.9. The monoisotopic (exact) mass is 376 g/mol. The van der Waals surface area contributed by atoms with E-state index in [1.54, 1.807) is 37.4 Å². The lowest BCUT2D eigenvalue weighted by molar-refractivity contribution is -0.120. The normalized spacial score (nSPS) is 16.6. The van der Waals surface area contributed by atoms with Crippen LogP contribution in [0.15, 0.2) is 35.1 Å². The van der Waals surface area contributed by atoms with E-state index in [0.717, 1.165) is 17.5 Å². The standard InChI is InChI=1S/C17H20N4O4S/c1-21-16(22)9-12-8-11(6-7-15(12)19-21)17(23)18-13-4-3-5-14(10-13)20-26(2,24)25/h3-5,9-11,20H,6-8H2,1-2H3,(H,18,23)/t11-/m1/s1. The number of aromatic nitrogens is 2. The number of benzene rings is 1. The maximum atomic E-state index is 12.6. The third-order valence-electron chi connectivity index (χ3n) is 4.26. The van der Waals surface area contributed by atoms with Gasteiger partial charge in [-0.05, 0) is 43.0 Å². The summed E-state index contributed by atoms with van der Waals surface area (Å²) in [7, 11) is -1.78. The number of amides is 1. The number of rotatable bonds is 4. The lowest BCUT2D eigenvalue weighted by atomic mass is 9.86. The first-order chi connectivity index (χ1) is 12.2. The van der Waals surface area contributed by atoms with Crippen LogP contribution in [0, 0.1) is 5.92 Å². The molecule has 2 N–H and O–H groups in total.